The highest BCUT2D eigenvalue weighted by Crippen LogP contribution is 2.17. The number of benzene rings is 1. The Morgan fingerprint density at radius 3 is 2.95 bits per heavy atom. The summed E-state index contributed by atoms with van der Waals surface area (Å²) < 4.78 is 2.97. The number of fused-ring (bicyclic) bond motifs is 1. The van der Waals surface area contributed by atoms with Crippen molar-refractivity contribution in [3.63, 3.8) is 0 Å². The number of carbonyl (C=O) groups is 1. The minimum absolute atomic E-state index is 0.0354. The first-order valence-corrected chi connectivity index (χ1v) is 6.88. The van der Waals surface area contributed by atoms with Gasteiger partial charge in [-0.05, 0) is 25.1 Å². The number of amides is 1. The van der Waals surface area contributed by atoms with Gasteiger partial charge in [-0.15, -0.1) is 10.2 Å². The summed E-state index contributed by atoms with van der Waals surface area (Å²) >= 11 is 3.39. The molecule has 2 heterocycles. The lowest BCUT2D eigenvalue weighted by atomic mass is 10.2. The van der Waals surface area contributed by atoms with Gasteiger partial charge in [-0.1, -0.05) is 22.0 Å². The molecule has 0 bridgehead atoms. The number of rotatable bonds is 1. The summed E-state index contributed by atoms with van der Waals surface area (Å²) in [6.07, 6.45) is 0. The molecule has 1 aromatic heterocycles. The van der Waals surface area contributed by atoms with Crippen LogP contribution < -0.4 is 0 Å². The lowest BCUT2D eigenvalue weighted by Gasteiger charge is -2.27. The molecule has 6 heteroatoms. The molecular weight excluding hydrogens is 308 g/mol. The molecule has 98 valence electrons. The Morgan fingerprint density at radius 1 is 1.32 bits per heavy atom. The van der Waals surface area contributed by atoms with Crippen molar-refractivity contribution < 1.29 is 4.79 Å². The first kappa shape index (κ1) is 12.3. The van der Waals surface area contributed by atoms with E-state index in [4.69, 9.17) is 0 Å². The third-order valence-electron chi connectivity index (χ3n) is 3.30. The lowest BCUT2D eigenvalue weighted by molar-refractivity contribution is 0.0706. The zero-order chi connectivity index (χ0) is 13.4. The average molecular weight is 321 g/mol. The van der Waals surface area contributed by atoms with Crippen molar-refractivity contribution in [2.75, 3.05) is 6.54 Å². The maximum atomic E-state index is 12.4. The van der Waals surface area contributed by atoms with E-state index in [1.165, 1.54) is 0 Å². The molecule has 0 saturated heterocycles. The van der Waals surface area contributed by atoms with E-state index in [0.717, 1.165) is 22.7 Å². The van der Waals surface area contributed by atoms with Crippen LogP contribution >= 0.6 is 15.9 Å². The largest absolute Gasteiger partial charge is 0.329 e. The molecule has 19 heavy (non-hydrogen) atoms. The summed E-state index contributed by atoms with van der Waals surface area (Å²) in [7, 11) is 0. The van der Waals surface area contributed by atoms with Gasteiger partial charge >= 0.3 is 0 Å². The minimum Gasteiger partial charge on any atom is -0.329 e. The van der Waals surface area contributed by atoms with Crippen LogP contribution in [0.5, 0.6) is 0 Å². The quantitative estimate of drug-likeness (QED) is 0.807. The van der Waals surface area contributed by atoms with Gasteiger partial charge in [0.15, 0.2) is 5.82 Å². The van der Waals surface area contributed by atoms with Crippen LogP contribution in [0.3, 0.4) is 0 Å². The van der Waals surface area contributed by atoms with E-state index in [2.05, 4.69) is 30.7 Å². The van der Waals surface area contributed by atoms with E-state index in [1.54, 1.807) is 0 Å². The number of hydrogen-bond acceptors (Lipinski definition) is 3. The maximum absolute atomic E-state index is 12.4. The fourth-order valence-electron chi connectivity index (χ4n) is 2.28. The molecule has 1 aliphatic rings. The second-order valence-corrected chi connectivity index (χ2v) is 5.47. The Bertz CT molecular complexity index is 637. The van der Waals surface area contributed by atoms with Gasteiger partial charge in [0.05, 0.1) is 6.54 Å². The van der Waals surface area contributed by atoms with Crippen molar-refractivity contribution in [3.8, 4) is 0 Å². The van der Waals surface area contributed by atoms with Crippen molar-refractivity contribution in [2.45, 2.75) is 20.0 Å². The number of nitrogens with zero attached hydrogens (tertiary/aromatic N) is 4. The van der Waals surface area contributed by atoms with E-state index < -0.39 is 0 Å². The van der Waals surface area contributed by atoms with Crippen LogP contribution in [-0.4, -0.2) is 32.1 Å². The highest BCUT2D eigenvalue weighted by molar-refractivity contribution is 9.10. The Morgan fingerprint density at radius 2 is 2.16 bits per heavy atom. The van der Waals surface area contributed by atoms with Gasteiger partial charge in [0, 0.05) is 23.1 Å². The fraction of sp³-hybridized carbons (Fsp3) is 0.308. The van der Waals surface area contributed by atoms with E-state index in [1.807, 2.05) is 36.1 Å². The predicted molar refractivity (Wildman–Crippen MR) is 73.6 cm³/mol. The zero-order valence-electron chi connectivity index (χ0n) is 10.5. The molecule has 2 aromatic rings. The Labute approximate surface area is 119 Å². The van der Waals surface area contributed by atoms with Crippen LogP contribution in [0, 0.1) is 6.92 Å². The monoisotopic (exact) mass is 320 g/mol. The van der Waals surface area contributed by atoms with Gasteiger partial charge in [0.25, 0.3) is 5.91 Å². The summed E-state index contributed by atoms with van der Waals surface area (Å²) in [5.41, 5.74) is 0.694. The number of aromatic nitrogens is 3. The van der Waals surface area contributed by atoms with Gasteiger partial charge in [0.2, 0.25) is 0 Å². The Balaban J connectivity index is 1.83. The fourth-order valence-corrected chi connectivity index (χ4v) is 2.68. The van der Waals surface area contributed by atoms with Gasteiger partial charge < -0.3 is 9.47 Å². The first-order valence-electron chi connectivity index (χ1n) is 6.08. The molecule has 0 spiro atoms. The normalized spacial score (nSPS) is 14.3. The van der Waals surface area contributed by atoms with Crippen LogP contribution in [-0.2, 0) is 13.1 Å². The molecule has 0 aliphatic carbocycles. The van der Waals surface area contributed by atoms with E-state index >= 15 is 0 Å². The number of hydrogen-bond donors (Lipinski definition) is 0. The summed E-state index contributed by atoms with van der Waals surface area (Å²) in [5.74, 6) is 1.80. The number of carbonyl (C=O) groups excluding carboxylic acids is 1. The van der Waals surface area contributed by atoms with Crippen molar-refractivity contribution in [1.29, 1.82) is 0 Å². The van der Waals surface area contributed by atoms with Gasteiger partial charge in [0.1, 0.15) is 5.82 Å². The van der Waals surface area contributed by atoms with Crippen LogP contribution in [0.1, 0.15) is 22.0 Å². The second kappa shape index (κ2) is 4.77. The van der Waals surface area contributed by atoms with E-state index in [-0.39, 0.29) is 5.91 Å². The molecule has 0 atom stereocenters. The molecule has 1 aliphatic heterocycles. The smallest absolute Gasteiger partial charge is 0.254 e. The highest BCUT2D eigenvalue weighted by Gasteiger charge is 2.24. The molecule has 0 N–H and O–H groups in total. The molecule has 0 radical (unpaired) electrons. The molecule has 0 unspecified atom stereocenters. The summed E-state index contributed by atoms with van der Waals surface area (Å²) in [6, 6.07) is 7.45. The third-order valence-corrected chi connectivity index (χ3v) is 3.79. The number of halogens is 1. The van der Waals surface area contributed by atoms with Gasteiger partial charge in [-0.3, -0.25) is 4.79 Å². The predicted octanol–water partition coefficient (Wildman–Crippen LogP) is 2.01. The van der Waals surface area contributed by atoms with Crippen molar-refractivity contribution in [2.24, 2.45) is 0 Å². The Hall–Kier alpha value is -1.69. The molecule has 0 fully saturated rings. The first-order chi connectivity index (χ1) is 9.15. The van der Waals surface area contributed by atoms with Gasteiger partial charge in [-0.25, -0.2) is 0 Å². The molecule has 1 amide bonds. The summed E-state index contributed by atoms with van der Waals surface area (Å²) in [5, 5.41) is 8.16. The SMILES string of the molecule is Cc1nnc2n1CCN(C(=O)c1cccc(Br)c1)C2. The maximum Gasteiger partial charge on any atom is 0.254 e. The number of aryl methyl sites for hydroxylation is 1. The second-order valence-electron chi connectivity index (χ2n) is 4.55. The Kier molecular flexibility index (Phi) is 3.10. The van der Waals surface area contributed by atoms with Crippen LogP contribution in [0.25, 0.3) is 0 Å². The highest BCUT2D eigenvalue weighted by atomic mass is 79.9. The summed E-state index contributed by atoms with van der Waals surface area (Å²) in [4.78, 5) is 14.2. The summed E-state index contributed by atoms with van der Waals surface area (Å²) in [6.45, 7) is 3.90. The third kappa shape index (κ3) is 2.28. The molecule has 1 aromatic carbocycles. The van der Waals surface area contributed by atoms with E-state index in [0.29, 0.717) is 18.7 Å². The molecule has 5 nitrogen and oxygen atoms in total. The zero-order valence-corrected chi connectivity index (χ0v) is 12.1. The van der Waals surface area contributed by atoms with Crippen LogP contribution in [0.15, 0.2) is 28.7 Å². The average Bonchev–Trinajstić information content (AvgIpc) is 2.79. The van der Waals surface area contributed by atoms with Crippen molar-refractivity contribution >= 4 is 21.8 Å². The van der Waals surface area contributed by atoms with Crippen LogP contribution in [0.2, 0.25) is 0 Å². The van der Waals surface area contributed by atoms with E-state index in [9.17, 15) is 4.79 Å². The van der Waals surface area contributed by atoms with Gasteiger partial charge in [-0.2, -0.15) is 0 Å². The molecular formula is C13H13BrN4O. The topological polar surface area (TPSA) is 51.0 Å². The lowest BCUT2D eigenvalue weighted by Crippen LogP contribution is -2.38. The standard InChI is InChI=1S/C13H13BrN4O/c1-9-15-16-12-8-17(5-6-18(9)12)13(19)10-3-2-4-11(14)7-10/h2-4,7H,5-6,8H2,1H3. The van der Waals surface area contributed by atoms with Crippen molar-refractivity contribution in [1.82, 2.24) is 19.7 Å². The molecule has 0 saturated carbocycles. The minimum atomic E-state index is 0.0354. The molecule has 3 rings (SSSR count). The van der Waals surface area contributed by atoms with Crippen molar-refractivity contribution in [3.05, 3.63) is 46.0 Å². The van der Waals surface area contributed by atoms with Crippen LogP contribution in [0.4, 0.5) is 0 Å².